The van der Waals surface area contributed by atoms with Crippen molar-refractivity contribution in [1.29, 1.82) is 0 Å². The monoisotopic (exact) mass is 291 g/mol. The van der Waals surface area contributed by atoms with E-state index in [1.807, 2.05) is 24.3 Å². The Morgan fingerprint density at radius 1 is 1.38 bits per heavy atom. The Hall–Kier alpha value is -2.04. The van der Waals surface area contributed by atoms with E-state index in [9.17, 15) is 9.59 Å². The number of carbonyl (C=O) groups excluding carboxylic acids is 2. The first-order chi connectivity index (χ1) is 10.1. The molecule has 0 aromatic heterocycles. The molecule has 5 heteroatoms. The predicted octanol–water partition coefficient (Wildman–Crippen LogP) is 2.41. The summed E-state index contributed by atoms with van der Waals surface area (Å²) in [6.45, 7) is 2.13. The fourth-order valence-corrected chi connectivity index (χ4v) is 2.45. The molecule has 5 nitrogen and oxygen atoms in total. The average Bonchev–Trinajstić information content (AvgIpc) is 2.46. The van der Waals surface area contributed by atoms with Crippen molar-refractivity contribution in [3.05, 3.63) is 24.3 Å². The number of hydrogen-bond acceptors (Lipinski definition) is 5. The van der Waals surface area contributed by atoms with E-state index < -0.39 is 0 Å². The maximum absolute atomic E-state index is 11.7. The molecule has 0 amide bonds. The van der Waals surface area contributed by atoms with Crippen molar-refractivity contribution in [2.45, 2.75) is 32.2 Å². The van der Waals surface area contributed by atoms with Gasteiger partial charge in [-0.3, -0.25) is 9.59 Å². The van der Waals surface area contributed by atoms with E-state index >= 15 is 0 Å². The standard InChI is InChI=1S/C16H21NO4/c1-3-21-16(19)10-14(13-8-9-15(13)18)17-11-4-6-12(20-2)7-5-11/h4-7,13-14,17H,3,8-10H2,1-2H3/t13-,14+/m0/s1. The maximum atomic E-state index is 11.7. The molecule has 0 aliphatic heterocycles. The van der Waals surface area contributed by atoms with E-state index in [1.165, 1.54) is 0 Å². The molecule has 0 saturated heterocycles. The second kappa shape index (κ2) is 7.11. The normalized spacial score (nSPS) is 18.6. The number of nitrogens with one attached hydrogen (secondary N) is 1. The number of hydrogen-bond donors (Lipinski definition) is 1. The van der Waals surface area contributed by atoms with E-state index in [4.69, 9.17) is 9.47 Å². The number of ether oxygens (including phenoxy) is 2. The van der Waals surface area contributed by atoms with Crippen molar-refractivity contribution in [3.8, 4) is 5.75 Å². The summed E-state index contributed by atoms with van der Waals surface area (Å²) in [5.74, 6) is 0.604. The summed E-state index contributed by atoms with van der Waals surface area (Å²) in [6.07, 6.45) is 1.64. The van der Waals surface area contributed by atoms with Crippen molar-refractivity contribution >= 4 is 17.4 Å². The number of esters is 1. The van der Waals surface area contributed by atoms with Crippen LogP contribution in [0.5, 0.6) is 5.75 Å². The van der Waals surface area contributed by atoms with Crippen LogP contribution in [0.3, 0.4) is 0 Å². The molecule has 1 aliphatic rings. The van der Waals surface area contributed by atoms with Crippen LogP contribution in [0.25, 0.3) is 0 Å². The largest absolute Gasteiger partial charge is 0.497 e. The highest BCUT2D eigenvalue weighted by Crippen LogP contribution is 2.30. The fraction of sp³-hybridized carbons (Fsp3) is 0.500. The summed E-state index contributed by atoms with van der Waals surface area (Å²) >= 11 is 0. The Morgan fingerprint density at radius 2 is 2.10 bits per heavy atom. The minimum Gasteiger partial charge on any atom is -0.497 e. The van der Waals surface area contributed by atoms with Crippen molar-refractivity contribution in [2.75, 3.05) is 19.0 Å². The van der Waals surface area contributed by atoms with Crippen molar-refractivity contribution in [2.24, 2.45) is 5.92 Å². The van der Waals surface area contributed by atoms with E-state index in [1.54, 1.807) is 14.0 Å². The van der Waals surface area contributed by atoms with E-state index in [0.717, 1.165) is 17.9 Å². The lowest BCUT2D eigenvalue weighted by Gasteiger charge is -2.33. The Morgan fingerprint density at radius 3 is 2.57 bits per heavy atom. The first kappa shape index (κ1) is 15.4. The third kappa shape index (κ3) is 3.97. The third-order valence-corrected chi connectivity index (χ3v) is 3.73. The van der Waals surface area contributed by atoms with Gasteiger partial charge >= 0.3 is 5.97 Å². The molecule has 1 N–H and O–H groups in total. The summed E-state index contributed by atoms with van der Waals surface area (Å²) < 4.78 is 10.1. The van der Waals surface area contributed by atoms with E-state index in [-0.39, 0.29) is 30.1 Å². The number of anilines is 1. The minimum atomic E-state index is -0.275. The van der Waals surface area contributed by atoms with Gasteiger partial charge < -0.3 is 14.8 Å². The smallest absolute Gasteiger partial charge is 0.307 e. The first-order valence-corrected chi connectivity index (χ1v) is 7.23. The average molecular weight is 291 g/mol. The lowest BCUT2D eigenvalue weighted by atomic mass is 9.77. The quantitative estimate of drug-likeness (QED) is 0.782. The van der Waals surface area contributed by atoms with Crippen molar-refractivity contribution < 1.29 is 19.1 Å². The van der Waals surface area contributed by atoms with Gasteiger partial charge in [0.05, 0.1) is 20.1 Å². The van der Waals surface area contributed by atoms with Crippen LogP contribution in [0.2, 0.25) is 0 Å². The summed E-state index contributed by atoms with van der Waals surface area (Å²) in [4.78, 5) is 23.4. The van der Waals surface area contributed by atoms with Crippen LogP contribution in [0.4, 0.5) is 5.69 Å². The van der Waals surface area contributed by atoms with Gasteiger partial charge in [0.25, 0.3) is 0 Å². The van der Waals surface area contributed by atoms with Crippen molar-refractivity contribution in [3.63, 3.8) is 0 Å². The molecule has 2 rings (SSSR count). The number of rotatable bonds is 7. The van der Waals surface area contributed by atoms with Gasteiger partial charge in [0, 0.05) is 24.1 Å². The Labute approximate surface area is 124 Å². The van der Waals surface area contributed by atoms with Gasteiger partial charge in [-0.05, 0) is 37.6 Å². The topological polar surface area (TPSA) is 64.6 Å². The van der Waals surface area contributed by atoms with Crippen LogP contribution in [0, 0.1) is 5.92 Å². The highest BCUT2D eigenvalue weighted by atomic mass is 16.5. The molecule has 1 aliphatic carbocycles. The number of ketones is 1. The van der Waals surface area contributed by atoms with Gasteiger partial charge in [-0.25, -0.2) is 0 Å². The summed E-state index contributed by atoms with van der Waals surface area (Å²) in [5, 5.41) is 3.27. The zero-order chi connectivity index (χ0) is 15.2. The molecule has 21 heavy (non-hydrogen) atoms. The van der Waals surface area contributed by atoms with Crippen LogP contribution in [0.1, 0.15) is 26.2 Å². The minimum absolute atomic E-state index is 0.100. The number of Topliss-reactive ketones (excluding diaryl/α,β-unsaturated/α-hetero) is 1. The zero-order valence-corrected chi connectivity index (χ0v) is 12.4. The maximum Gasteiger partial charge on any atom is 0.307 e. The summed E-state index contributed by atoms with van der Waals surface area (Å²) in [6, 6.07) is 7.22. The van der Waals surface area contributed by atoms with E-state index in [2.05, 4.69) is 5.32 Å². The molecule has 1 aromatic carbocycles. The molecular weight excluding hydrogens is 270 g/mol. The lowest BCUT2D eigenvalue weighted by molar-refractivity contribution is -0.144. The SMILES string of the molecule is CCOC(=O)C[C@@H](Nc1ccc(OC)cc1)[C@@H]1CCC1=O. The molecular formula is C16H21NO4. The van der Waals surface area contributed by atoms with Crippen LogP contribution in [0.15, 0.2) is 24.3 Å². The van der Waals surface area contributed by atoms with Crippen LogP contribution >= 0.6 is 0 Å². The Kier molecular flexibility index (Phi) is 5.20. The molecule has 0 spiro atoms. The molecule has 0 bridgehead atoms. The second-order valence-corrected chi connectivity index (χ2v) is 5.10. The molecule has 0 radical (unpaired) electrons. The highest BCUT2D eigenvalue weighted by molar-refractivity contribution is 5.88. The Bertz CT molecular complexity index is 498. The molecule has 2 atom stereocenters. The van der Waals surface area contributed by atoms with Gasteiger partial charge in [0.2, 0.25) is 0 Å². The molecule has 1 aromatic rings. The summed E-state index contributed by atoms with van der Waals surface area (Å²) in [7, 11) is 1.61. The van der Waals surface area contributed by atoms with Gasteiger partial charge in [-0.15, -0.1) is 0 Å². The molecule has 1 saturated carbocycles. The second-order valence-electron chi connectivity index (χ2n) is 5.10. The molecule has 0 unspecified atom stereocenters. The molecule has 1 fully saturated rings. The Balaban J connectivity index is 2.03. The molecule has 0 heterocycles. The highest BCUT2D eigenvalue weighted by Gasteiger charge is 2.36. The fourth-order valence-electron chi connectivity index (χ4n) is 2.45. The molecule has 114 valence electrons. The predicted molar refractivity (Wildman–Crippen MR) is 79.4 cm³/mol. The van der Waals surface area contributed by atoms with Crippen LogP contribution in [-0.2, 0) is 14.3 Å². The summed E-state index contributed by atoms with van der Waals surface area (Å²) in [5.41, 5.74) is 0.866. The number of methoxy groups -OCH3 is 1. The van der Waals surface area contributed by atoms with Gasteiger partial charge in [0.15, 0.2) is 0 Å². The van der Waals surface area contributed by atoms with Crippen LogP contribution in [-0.4, -0.2) is 31.5 Å². The zero-order valence-electron chi connectivity index (χ0n) is 12.4. The van der Waals surface area contributed by atoms with Gasteiger partial charge in [0.1, 0.15) is 11.5 Å². The van der Waals surface area contributed by atoms with E-state index in [0.29, 0.717) is 13.0 Å². The first-order valence-electron chi connectivity index (χ1n) is 7.23. The van der Waals surface area contributed by atoms with Crippen molar-refractivity contribution in [1.82, 2.24) is 0 Å². The number of benzene rings is 1. The number of carbonyl (C=O) groups is 2. The van der Waals surface area contributed by atoms with Crippen LogP contribution < -0.4 is 10.1 Å². The third-order valence-electron chi connectivity index (χ3n) is 3.73. The van der Waals surface area contributed by atoms with Gasteiger partial charge in [-0.2, -0.15) is 0 Å². The lowest BCUT2D eigenvalue weighted by Crippen LogP contribution is -2.42. The van der Waals surface area contributed by atoms with Gasteiger partial charge in [-0.1, -0.05) is 0 Å².